The predicted octanol–water partition coefficient (Wildman–Crippen LogP) is 5.54. The maximum absolute atomic E-state index is 12.8. The number of carbonyl (C=O) groups excluding carboxylic acids is 1. The second-order valence-corrected chi connectivity index (χ2v) is 6.94. The minimum absolute atomic E-state index is 0.181. The van der Waals surface area contributed by atoms with Gasteiger partial charge in [0.2, 0.25) is 5.78 Å². The number of fused-ring (bicyclic) bond motifs is 1. The van der Waals surface area contributed by atoms with Crippen LogP contribution in [0.4, 0.5) is 0 Å². The molecule has 1 heterocycles. The van der Waals surface area contributed by atoms with Gasteiger partial charge in [-0.3, -0.25) is 4.79 Å². The Kier molecular flexibility index (Phi) is 5.76. The van der Waals surface area contributed by atoms with E-state index in [2.05, 4.69) is 6.58 Å². The molecule has 3 aromatic carbocycles. The molecule has 0 fully saturated rings. The molecule has 31 heavy (non-hydrogen) atoms. The zero-order valence-corrected chi connectivity index (χ0v) is 17.4. The lowest BCUT2D eigenvalue weighted by molar-refractivity contribution is 0.101. The van der Waals surface area contributed by atoms with Crippen LogP contribution in [-0.4, -0.2) is 20.0 Å². The Morgan fingerprint density at radius 1 is 0.935 bits per heavy atom. The fourth-order valence-corrected chi connectivity index (χ4v) is 3.25. The molecule has 0 saturated heterocycles. The second-order valence-electron chi connectivity index (χ2n) is 6.94. The van der Waals surface area contributed by atoms with E-state index in [4.69, 9.17) is 18.9 Å². The largest absolute Gasteiger partial charge is 0.497 e. The summed E-state index contributed by atoms with van der Waals surface area (Å²) in [4.78, 5) is 12.8. The zero-order valence-electron chi connectivity index (χ0n) is 17.4. The lowest BCUT2D eigenvalue weighted by atomic mass is 10.1. The fraction of sp³-hybridized carbons (Fsp3) is 0.115. The molecule has 0 aromatic heterocycles. The van der Waals surface area contributed by atoms with Crippen LogP contribution >= 0.6 is 0 Å². The molecule has 5 heteroatoms. The van der Waals surface area contributed by atoms with Gasteiger partial charge in [0.05, 0.1) is 19.8 Å². The van der Waals surface area contributed by atoms with Gasteiger partial charge in [0, 0.05) is 17.7 Å². The van der Waals surface area contributed by atoms with E-state index in [0.717, 1.165) is 16.7 Å². The second kappa shape index (κ2) is 8.79. The van der Waals surface area contributed by atoms with Gasteiger partial charge >= 0.3 is 0 Å². The SMILES string of the molecule is C=Cc1ccc(COc2ccc3c(c2)O/C(=C/c2ccc(OC)cc2OC)C3=O)cc1. The Hall–Kier alpha value is -3.99. The van der Waals surface area contributed by atoms with Gasteiger partial charge in [0.1, 0.15) is 29.6 Å². The van der Waals surface area contributed by atoms with Gasteiger partial charge in [0.25, 0.3) is 0 Å². The first kappa shape index (κ1) is 20.3. The highest BCUT2D eigenvalue weighted by Gasteiger charge is 2.28. The van der Waals surface area contributed by atoms with Gasteiger partial charge in [-0.15, -0.1) is 0 Å². The van der Waals surface area contributed by atoms with Crippen LogP contribution in [0.3, 0.4) is 0 Å². The lowest BCUT2D eigenvalue weighted by Gasteiger charge is -2.08. The van der Waals surface area contributed by atoms with E-state index in [0.29, 0.717) is 35.2 Å². The van der Waals surface area contributed by atoms with Crippen molar-refractivity contribution in [3.05, 3.63) is 95.3 Å². The number of hydrogen-bond donors (Lipinski definition) is 0. The van der Waals surface area contributed by atoms with Gasteiger partial charge in [-0.2, -0.15) is 0 Å². The fourth-order valence-electron chi connectivity index (χ4n) is 3.25. The van der Waals surface area contributed by atoms with Crippen molar-refractivity contribution in [1.82, 2.24) is 0 Å². The number of hydrogen-bond acceptors (Lipinski definition) is 5. The van der Waals surface area contributed by atoms with Crippen molar-refractivity contribution >= 4 is 17.9 Å². The Bertz CT molecular complexity index is 1160. The van der Waals surface area contributed by atoms with Crippen molar-refractivity contribution in [2.45, 2.75) is 6.61 Å². The van der Waals surface area contributed by atoms with Crippen molar-refractivity contribution in [1.29, 1.82) is 0 Å². The molecule has 0 radical (unpaired) electrons. The Balaban J connectivity index is 1.51. The molecule has 0 saturated carbocycles. The summed E-state index contributed by atoms with van der Waals surface area (Å²) in [6, 6.07) is 18.6. The van der Waals surface area contributed by atoms with Crippen molar-refractivity contribution in [2.24, 2.45) is 0 Å². The quantitative estimate of drug-likeness (QED) is 0.475. The molecular weight excluding hydrogens is 392 g/mol. The van der Waals surface area contributed by atoms with Crippen LogP contribution < -0.4 is 18.9 Å². The Labute approximate surface area is 181 Å². The summed E-state index contributed by atoms with van der Waals surface area (Å²) >= 11 is 0. The number of Topliss-reactive ketones (excluding diaryl/α,β-unsaturated/α-hetero) is 1. The minimum Gasteiger partial charge on any atom is -0.497 e. The first-order valence-electron chi connectivity index (χ1n) is 9.76. The first-order valence-corrected chi connectivity index (χ1v) is 9.76. The number of ether oxygens (including phenoxy) is 4. The maximum Gasteiger partial charge on any atom is 0.231 e. The third-order valence-corrected chi connectivity index (χ3v) is 4.99. The van der Waals surface area contributed by atoms with Crippen molar-refractivity contribution < 1.29 is 23.7 Å². The monoisotopic (exact) mass is 414 g/mol. The molecule has 3 aromatic rings. The molecular formula is C26H22O5. The minimum atomic E-state index is -0.181. The lowest BCUT2D eigenvalue weighted by Crippen LogP contribution is -1.99. The smallest absolute Gasteiger partial charge is 0.231 e. The van der Waals surface area contributed by atoms with Crippen molar-refractivity contribution in [2.75, 3.05) is 14.2 Å². The number of methoxy groups -OCH3 is 2. The molecule has 0 spiro atoms. The molecule has 4 rings (SSSR count). The van der Waals surface area contributed by atoms with Crippen LogP contribution in [0.2, 0.25) is 0 Å². The summed E-state index contributed by atoms with van der Waals surface area (Å²) in [6.45, 7) is 4.17. The predicted molar refractivity (Wildman–Crippen MR) is 120 cm³/mol. The first-order chi connectivity index (χ1) is 15.1. The molecule has 0 N–H and O–H groups in total. The summed E-state index contributed by atoms with van der Waals surface area (Å²) in [7, 11) is 3.15. The number of benzene rings is 3. The topological polar surface area (TPSA) is 54.0 Å². The van der Waals surface area contributed by atoms with Crippen molar-refractivity contribution in [3.63, 3.8) is 0 Å². The van der Waals surface area contributed by atoms with E-state index in [1.54, 1.807) is 56.7 Å². The average Bonchev–Trinajstić information content (AvgIpc) is 3.12. The molecule has 0 unspecified atom stereocenters. The van der Waals surface area contributed by atoms with Crippen molar-refractivity contribution in [3.8, 4) is 23.0 Å². The highest BCUT2D eigenvalue weighted by atomic mass is 16.5. The van der Waals surface area contributed by atoms with E-state index in [1.807, 2.05) is 30.3 Å². The van der Waals surface area contributed by atoms with Gasteiger partial charge in [-0.05, 0) is 41.5 Å². The number of allylic oxidation sites excluding steroid dienone is 1. The highest BCUT2D eigenvalue weighted by molar-refractivity contribution is 6.14. The third-order valence-electron chi connectivity index (χ3n) is 4.99. The summed E-state index contributed by atoms with van der Waals surface area (Å²) in [5.74, 6) is 2.41. The average molecular weight is 414 g/mol. The van der Waals surface area contributed by atoms with Gasteiger partial charge in [-0.25, -0.2) is 0 Å². The third kappa shape index (κ3) is 4.31. The summed E-state index contributed by atoms with van der Waals surface area (Å²) < 4.78 is 22.3. The number of carbonyl (C=O) groups is 1. The standard InChI is InChI=1S/C26H22O5/c1-4-17-5-7-18(8-6-17)16-30-21-11-12-22-24(15-21)31-25(26(22)27)13-19-9-10-20(28-2)14-23(19)29-3/h4-15H,1,16H2,2-3H3/b25-13+. The zero-order chi connectivity index (χ0) is 21.8. The molecule has 5 nitrogen and oxygen atoms in total. The summed E-state index contributed by atoms with van der Waals surface area (Å²) in [5, 5.41) is 0. The Morgan fingerprint density at radius 3 is 2.42 bits per heavy atom. The van der Waals surface area contributed by atoms with Gasteiger partial charge in [0.15, 0.2) is 5.76 Å². The summed E-state index contributed by atoms with van der Waals surface area (Å²) in [6.07, 6.45) is 3.47. The van der Waals surface area contributed by atoms with Crippen LogP contribution in [0.15, 0.2) is 73.0 Å². The van der Waals surface area contributed by atoms with Crippen LogP contribution in [0.1, 0.15) is 27.0 Å². The highest BCUT2D eigenvalue weighted by Crippen LogP contribution is 2.36. The van der Waals surface area contributed by atoms with Gasteiger partial charge in [-0.1, -0.05) is 36.9 Å². The van der Waals surface area contributed by atoms with E-state index >= 15 is 0 Å². The van der Waals surface area contributed by atoms with Crippen LogP contribution in [-0.2, 0) is 6.61 Å². The van der Waals surface area contributed by atoms with E-state index in [-0.39, 0.29) is 11.5 Å². The number of ketones is 1. The molecule has 0 aliphatic carbocycles. The van der Waals surface area contributed by atoms with Crippen LogP contribution in [0, 0.1) is 0 Å². The molecule has 156 valence electrons. The Morgan fingerprint density at radius 2 is 1.71 bits per heavy atom. The van der Waals surface area contributed by atoms with E-state index < -0.39 is 0 Å². The molecule has 0 bridgehead atoms. The van der Waals surface area contributed by atoms with Crippen LogP contribution in [0.25, 0.3) is 12.2 Å². The number of rotatable bonds is 7. The molecule has 0 atom stereocenters. The van der Waals surface area contributed by atoms with E-state index in [1.165, 1.54) is 0 Å². The van der Waals surface area contributed by atoms with Crippen LogP contribution in [0.5, 0.6) is 23.0 Å². The maximum atomic E-state index is 12.8. The molecule has 1 aliphatic rings. The van der Waals surface area contributed by atoms with Gasteiger partial charge < -0.3 is 18.9 Å². The molecule has 0 amide bonds. The summed E-state index contributed by atoms with van der Waals surface area (Å²) in [5.41, 5.74) is 3.32. The normalized spacial score (nSPS) is 13.5. The molecule has 1 aliphatic heterocycles. The van der Waals surface area contributed by atoms with E-state index in [9.17, 15) is 4.79 Å².